The molecule has 7 aromatic rings. The lowest BCUT2D eigenvalue weighted by Gasteiger charge is -2.36. The second-order valence-electron chi connectivity index (χ2n) is 15.6. The van der Waals surface area contributed by atoms with Crippen molar-refractivity contribution < 1.29 is 38.1 Å². The summed E-state index contributed by atoms with van der Waals surface area (Å²) in [4.78, 5) is 45.3. The normalized spacial score (nSPS) is 18.5. The standard InChI is InChI=1S/C52H45N3O8S/c56-31-34-20-22-37(23-21-34)45-28-42(33-64-52-54-47(38-14-6-2-7-15-38)48(63-52)39-16-8-3-9-17-39)61-50(62-45)40-26-24-36(25-27-40)43-19-11-10-18-41(43)30-55-46(57)29-44(49(55)58)53-51(59)60-32-35-12-4-1-5-13-35/h1-27,42,44-45,50,56H,28-33H2,(H,53,59)/t42-,44?,45+,50+/m0/s1. The number of rotatable bonds is 14. The maximum absolute atomic E-state index is 13.4. The van der Waals surface area contributed by atoms with Gasteiger partial charge in [-0.25, -0.2) is 9.78 Å². The average Bonchev–Trinajstić information content (AvgIpc) is 3.90. The number of nitrogens with one attached hydrogen (secondary N) is 1. The van der Waals surface area contributed by atoms with Crippen molar-refractivity contribution in [3.05, 3.63) is 192 Å². The quantitative estimate of drug-likeness (QED) is 0.0802. The van der Waals surface area contributed by atoms with Crippen LogP contribution in [0.15, 0.2) is 173 Å². The number of carbonyl (C=O) groups excluding carboxylic acids is 3. The number of benzene rings is 6. The molecular weight excluding hydrogens is 827 g/mol. The molecule has 0 radical (unpaired) electrons. The molecule has 4 atom stereocenters. The summed E-state index contributed by atoms with van der Waals surface area (Å²) in [6, 6.07) is 51.5. The molecule has 322 valence electrons. The highest BCUT2D eigenvalue weighted by Gasteiger charge is 2.40. The number of ether oxygens (including phenoxy) is 3. The first-order valence-corrected chi connectivity index (χ1v) is 22.1. The number of imide groups is 1. The largest absolute Gasteiger partial charge is 0.445 e. The zero-order valence-corrected chi connectivity index (χ0v) is 35.6. The molecule has 2 aliphatic rings. The minimum absolute atomic E-state index is 0.0436. The maximum Gasteiger partial charge on any atom is 0.408 e. The Bertz CT molecular complexity index is 2640. The van der Waals surface area contributed by atoms with Gasteiger partial charge in [-0.05, 0) is 33.4 Å². The van der Waals surface area contributed by atoms with Gasteiger partial charge in [-0.2, -0.15) is 0 Å². The monoisotopic (exact) mass is 871 g/mol. The van der Waals surface area contributed by atoms with Crippen LogP contribution in [0.1, 0.15) is 53.1 Å². The molecule has 0 aliphatic carbocycles. The van der Waals surface area contributed by atoms with E-state index in [1.165, 1.54) is 16.7 Å². The number of carbonyl (C=O) groups is 3. The van der Waals surface area contributed by atoms with Gasteiger partial charge in [-0.15, -0.1) is 0 Å². The molecule has 0 bridgehead atoms. The summed E-state index contributed by atoms with van der Waals surface area (Å²) in [5, 5.41) is 12.8. The fraction of sp³-hybridized carbons (Fsp3) is 0.192. The first kappa shape index (κ1) is 42.5. The molecule has 1 aromatic heterocycles. The van der Waals surface area contributed by atoms with Crippen LogP contribution in [-0.4, -0.2) is 50.8 Å². The van der Waals surface area contributed by atoms with E-state index in [0.717, 1.165) is 55.8 Å². The van der Waals surface area contributed by atoms with E-state index in [9.17, 15) is 19.5 Å². The van der Waals surface area contributed by atoms with E-state index < -0.39 is 24.3 Å². The average molecular weight is 872 g/mol. The molecule has 0 saturated carbocycles. The molecule has 2 N–H and O–H groups in total. The molecule has 2 saturated heterocycles. The second-order valence-corrected chi connectivity index (χ2v) is 16.6. The Labute approximate surface area is 375 Å². The molecule has 2 fully saturated rings. The Morgan fingerprint density at radius 2 is 1.39 bits per heavy atom. The Morgan fingerprint density at radius 1 is 0.734 bits per heavy atom. The van der Waals surface area contributed by atoms with Crippen LogP contribution in [0.2, 0.25) is 0 Å². The van der Waals surface area contributed by atoms with E-state index in [4.69, 9.17) is 23.6 Å². The molecular formula is C52H45N3O8S. The number of aliphatic hydroxyl groups is 1. The summed E-state index contributed by atoms with van der Waals surface area (Å²) in [5.41, 5.74) is 8.62. The van der Waals surface area contributed by atoms with Crippen LogP contribution in [-0.2, 0) is 43.6 Å². The summed E-state index contributed by atoms with van der Waals surface area (Å²) in [6.07, 6.45) is -1.54. The number of nitrogens with zero attached hydrogens (tertiary/aromatic N) is 2. The summed E-state index contributed by atoms with van der Waals surface area (Å²) < 4.78 is 25.1. The van der Waals surface area contributed by atoms with Gasteiger partial charge in [0.25, 0.3) is 11.1 Å². The number of likely N-dealkylation sites (tertiary alicyclic amines) is 1. The lowest BCUT2D eigenvalue weighted by atomic mass is 9.97. The van der Waals surface area contributed by atoms with Crippen LogP contribution < -0.4 is 5.32 Å². The molecule has 3 amide bonds. The first-order valence-electron chi connectivity index (χ1n) is 21.1. The van der Waals surface area contributed by atoms with Gasteiger partial charge in [0.2, 0.25) is 5.91 Å². The Kier molecular flexibility index (Phi) is 13.1. The number of thioether (sulfide) groups is 1. The third-order valence-corrected chi connectivity index (χ3v) is 12.2. The molecule has 6 aromatic carbocycles. The van der Waals surface area contributed by atoms with Crippen LogP contribution in [0.25, 0.3) is 33.7 Å². The van der Waals surface area contributed by atoms with Gasteiger partial charge in [0.1, 0.15) is 18.3 Å². The van der Waals surface area contributed by atoms with Gasteiger partial charge in [-0.3, -0.25) is 14.5 Å². The fourth-order valence-corrected chi connectivity index (χ4v) is 8.77. The summed E-state index contributed by atoms with van der Waals surface area (Å²) in [6.45, 7) is 0.0423. The molecule has 2 aliphatic heterocycles. The van der Waals surface area contributed by atoms with Crippen LogP contribution in [0.4, 0.5) is 4.79 Å². The third kappa shape index (κ3) is 9.85. The predicted octanol–water partition coefficient (Wildman–Crippen LogP) is 10.1. The molecule has 0 spiro atoms. The summed E-state index contributed by atoms with van der Waals surface area (Å²) in [7, 11) is 0. The molecule has 9 rings (SSSR count). The molecule has 12 heteroatoms. The summed E-state index contributed by atoms with van der Waals surface area (Å²) >= 11 is 1.50. The zero-order valence-electron chi connectivity index (χ0n) is 34.7. The highest BCUT2D eigenvalue weighted by molar-refractivity contribution is 7.99. The third-order valence-electron chi connectivity index (χ3n) is 11.3. The highest BCUT2D eigenvalue weighted by Crippen LogP contribution is 2.41. The summed E-state index contributed by atoms with van der Waals surface area (Å²) in [5.74, 6) is 0.404. The van der Waals surface area contributed by atoms with Crippen molar-refractivity contribution in [2.75, 3.05) is 5.75 Å². The minimum atomic E-state index is -1.01. The molecule has 64 heavy (non-hydrogen) atoms. The van der Waals surface area contributed by atoms with Gasteiger partial charge < -0.3 is 29.1 Å². The van der Waals surface area contributed by atoms with E-state index in [1.54, 1.807) is 0 Å². The lowest BCUT2D eigenvalue weighted by Crippen LogP contribution is -2.41. The van der Waals surface area contributed by atoms with E-state index in [2.05, 4.69) is 5.32 Å². The molecule has 1 unspecified atom stereocenters. The highest BCUT2D eigenvalue weighted by atomic mass is 32.2. The number of aromatic nitrogens is 1. The van der Waals surface area contributed by atoms with Crippen LogP contribution in [0, 0.1) is 0 Å². The van der Waals surface area contributed by atoms with Crippen molar-refractivity contribution in [3.8, 4) is 33.7 Å². The van der Waals surface area contributed by atoms with Crippen LogP contribution in [0.3, 0.4) is 0 Å². The van der Waals surface area contributed by atoms with E-state index >= 15 is 0 Å². The van der Waals surface area contributed by atoms with E-state index in [-0.39, 0.29) is 44.3 Å². The predicted molar refractivity (Wildman–Crippen MR) is 242 cm³/mol. The van der Waals surface area contributed by atoms with Gasteiger partial charge in [-0.1, -0.05) is 176 Å². The Balaban J connectivity index is 0.901. The van der Waals surface area contributed by atoms with Crippen molar-refractivity contribution in [2.45, 2.75) is 62.4 Å². The number of aliphatic hydroxyl groups excluding tert-OH is 1. The van der Waals surface area contributed by atoms with E-state index in [0.29, 0.717) is 23.2 Å². The van der Waals surface area contributed by atoms with Crippen molar-refractivity contribution in [1.82, 2.24) is 15.2 Å². The zero-order chi connectivity index (χ0) is 43.8. The smallest absolute Gasteiger partial charge is 0.408 e. The number of alkyl carbamates (subject to hydrolysis) is 1. The van der Waals surface area contributed by atoms with Gasteiger partial charge >= 0.3 is 6.09 Å². The minimum Gasteiger partial charge on any atom is -0.445 e. The topological polar surface area (TPSA) is 140 Å². The number of oxazole rings is 1. The van der Waals surface area contributed by atoms with Crippen molar-refractivity contribution >= 4 is 29.7 Å². The number of amides is 3. The maximum atomic E-state index is 13.4. The lowest BCUT2D eigenvalue weighted by molar-refractivity contribution is -0.245. The fourth-order valence-electron chi connectivity index (χ4n) is 7.93. The number of hydrogen-bond acceptors (Lipinski definition) is 10. The first-order chi connectivity index (χ1) is 31.4. The second kappa shape index (κ2) is 19.7. The number of hydrogen-bond donors (Lipinski definition) is 2. The van der Waals surface area contributed by atoms with Crippen molar-refractivity contribution in [1.29, 1.82) is 0 Å². The Morgan fingerprint density at radius 3 is 2.11 bits per heavy atom. The van der Waals surface area contributed by atoms with Gasteiger partial charge in [0.05, 0.1) is 31.8 Å². The van der Waals surface area contributed by atoms with Gasteiger partial charge in [0, 0.05) is 28.9 Å². The van der Waals surface area contributed by atoms with E-state index in [1.807, 2.05) is 164 Å². The van der Waals surface area contributed by atoms with Crippen LogP contribution in [0.5, 0.6) is 0 Å². The van der Waals surface area contributed by atoms with Crippen molar-refractivity contribution in [3.63, 3.8) is 0 Å². The van der Waals surface area contributed by atoms with Crippen molar-refractivity contribution in [2.24, 2.45) is 0 Å². The molecule has 3 heterocycles. The van der Waals surface area contributed by atoms with Gasteiger partial charge in [0.15, 0.2) is 12.1 Å². The van der Waals surface area contributed by atoms with Crippen LogP contribution >= 0.6 is 11.8 Å². The molecule has 11 nitrogen and oxygen atoms in total. The Hall–Kier alpha value is -6.83. The SMILES string of the molecule is O=C(NC1CC(=O)N(Cc2ccccc2-c2ccc([C@@H]3O[C@H](CSc4nc(-c5ccccc5)c(-c5ccccc5)o4)C[C@H](c4ccc(CO)cc4)O3)cc2)C1=O)OCc1ccccc1.